The van der Waals surface area contributed by atoms with Gasteiger partial charge in [-0.15, -0.1) is 11.6 Å². The van der Waals surface area contributed by atoms with Crippen molar-refractivity contribution in [2.75, 3.05) is 19.5 Å². The second-order valence-electron chi connectivity index (χ2n) is 6.21. The Morgan fingerprint density at radius 2 is 1.77 bits per heavy atom. The molecule has 0 saturated heterocycles. The second-order valence-corrected chi connectivity index (χ2v) is 6.59. The normalized spacial score (nSPS) is 21.8. The molecule has 7 heteroatoms. The quantitative estimate of drug-likeness (QED) is 0.448. The lowest BCUT2D eigenvalue weighted by atomic mass is 9.71. The number of Topliss-reactive ketones (excluding diaryl/α,β-unsaturated/α-hetero) is 2. The number of hydrogen-bond donors (Lipinski definition) is 0. The molecule has 3 rings (SSSR count). The zero-order valence-electron chi connectivity index (χ0n) is 14.5. The van der Waals surface area contributed by atoms with Gasteiger partial charge in [0.25, 0.3) is 0 Å². The summed E-state index contributed by atoms with van der Waals surface area (Å²) in [5.74, 6) is -2.16. The first-order chi connectivity index (χ1) is 12.4. The third kappa shape index (κ3) is 2.32. The first kappa shape index (κ1) is 18.3. The number of ether oxygens (including phenoxy) is 1. The molecule has 2 aliphatic rings. The van der Waals surface area contributed by atoms with Crippen LogP contribution in [0.4, 0.5) is 0 Å². The molecule has 26 heavy (non-hydrogen) atoms. The van der Waals surface area contributed by atoms with Gasteiger partial charge in [0.05, 0.1) is 12.2 Å². The molecule has 6 nitrogen and oxygen atoms in total. The molecule has 0 fully saturated rings. The van der Waals surface area contributed by atoms with E-state index >= 15 is 0 Å². The van der Waals surface area contributed by atoms with E-state index in [1.807, 2.05) is 0 Å². The largest absolute Gasteiger partial charge is 0.465 e. The fraction of sp³-hybridized carbons (Fsp3) is 0.368. The monoisotopic (exact) mass is 375 g/mol. The lowest BCUT2D eigenvalue weighted by Gasteiger charge is -2.28. The molecular weight excluding hydrogens is 358 g/mol. The Bertz CT molecular complexity index is 859. The van der Waals surface area contributed by atoms with Gasteiger partial charge >= 0.3 is 5.97 Å². The fourth-order valence-corrected chi connectivity index (χ4v) is 3.82. The molecule has 0 bridgehead atoms. The average Bonchev–Trinajstić information content (AvgIpc) is 2.87. The van der Waals surface area contributed by atoms with Gasteiger partial charge in [0.2, 0.25) is 11.7 Å². The van der Waals surface area contributed by atoms with Crippen molar-refractivity contribution in [1.29, 1.82) is 0 Å². The number of alkyl halides is 1. The highest BCUT2D eigenvalue weighted by Crippen LogP contribution is 2.49. The van der Waals surface area contributed by atoms with Crippen LogP contribution in [0.3, 0.4) is 0 Å². The zero-order valence-corrected chi connectivity index (χ0v) is 15.3. The number of ketones is 2. The number of fused-ring (bicyclic) bond motifs is 1. The minimum Gasteiger partial charge on any atom is -0.465 e. The second kappa shape index (κ2) is 6.68. The van der Waals surface area contributed by atoms with Crippen LogP contribution in [0.15, 0.2) is 35.5 Å². The predicted molar refractivity (Wildman–Crippen MR) is 93.9 cm³/mol. The summed E-state index contributed by atoms with van der Waals surface area (Å²) in [7, 11) is 1.40. The first-order valence-corrected chi connectivity index (χ1v) is 8.89. The molecular formula is C19H18ClNO5. The van der Waals surface area contributed by atoms with E-state index in [1.54, 1.807) is 25.1 Å². The van der Waals surface area contributed by atoms with Crippen LogP contribution < -0.4 is 0 Å². The summed E-state index contributed by atoms with van der Waals surface area (Å²) in [5, 5.41) is 0. The molecule has 1 atom stereocenters. The van der Waals surface area contributed by atoms with Crippen molar-refractivity contribution in [2.45, 2.75) is 19.8 Å². The number of nitrogens with zero attached hydrogens (tertiary/aromatic N) is 1. The van der Waals surface area contributed by atoms with Gasteiger partial charge in [-0.1, -0.05) is 24.3 Å². The van der Waals surface area contributed by atoms with E-state index in [-0.39, 0.29) is 41.3 Å². The number of carbonyl (C=O) groups excluding carboxylic acids is 4. The number of hydrogen-bond acceptors (Lipinski definition) is 5. The highest BCUT2D eigenvalue weighted by molar-refractivity contribution is 6.34. The maximum absolute atomic E-state index is 13.2. The lowest BCUT2D eigenvalue weighted by Crippen LogP contribution is -2.45. The standard InChI is InChI=1S/C19H18ClNO5/c1-3-26-18(25)19(9-6-10-20)13-14(21(2)17(19)24)16(23)12-8-5-4-7-11(12)15(13)22/h4-5,7-8H,3,6,9-10H2,1-2H3. The predicted octanol–water partition coefficient (Wildman–Crippen LogP) is 2.36. The Balaban J connectivity index is 2.27. The Morgan fingerprint density at radius 3 is 2.35 bits per heavy atom. The number of carbonyl (C=O) groups is 4. The fourth-order valence-electron chi connectivity index (χ4n) is 3.68. The molecule has 1 heterocycles. The highest BCUT2D eigenvalue weighted by atomic mass is 35.5. The molecule has 1 aromatic carbocycles. The van der Waals surface area contributed by atoms with Gasteiger partial charge < -0.3 is 9.64 Å². The zero-order chi connectivity index (χ0) is 19.1. The Hall–Kier alpha value is -2.47. The topological polar surface area (TPSA) is 80.8 Å². The van der Waals surface area contributed by atoms with Crippen molar-refractivity contribution >= 4 is 35.0 Å². The molecule has 1 aliphatic carbocycles. The SMILES string of the molecule is CCOC(=O)C1(CCCCl)C(=O)N(C)C2=C1C(=O)c1ccccc1C2=O. The van der Waals surface area contributed by atoms with Crippen LogP contribution in [0.5, 0.6) is 0 Å². The molecule has 1 aromatic rings. The van der Waals surface area contributed by atoms with Gasteiger partial charge in [-0.25, -0.2) is 0 Å². The van der Waals surface area contributed by atoms with Crippen LogP contribution in [-0.2, 0) is 14.3 Å². The Kier molecular flexibility index (Phi) is 4.71. The Morgan fingerprint density at radius 1 is 1.15 bits per heavy atom. The molecule has 0 N–H and O–H groups in total. The van der Waals surface area contributed by atoms with Crippen LogP contribution in [0.25, 0.3) is 0 Å². The summed E-state index contributed by atoms with van der Waals surface area (Å²) >= 11 is 5.78. The molecule has 0 aromatic heterocycles. The van der Waals surface area contributed by atoms with Crippen molar-refractivity contribution in [3.8, 4) is 0 Å². The number of allylic oxidation sites excluding steroid dienone is 1. The minimum atomic E-state index is -1.82. The van der Waals surface area contributed by atoms with Crippen molar-refractivity contribution in [1.82, 2.24) is 4.90 Å². The van der Waals surface area contributed by atoms with Crippen LogP contribution in [0.1, 0.15) is 40.5 Å². The number of rotatable bonds is 5. The van der Waals surface area contributed by atoms with Gasteiger partial charge in [-0.05, 0) is 19.8 Å². The third-order valence-electron chi connectivity index (χ3n) is 4.84. The van der Waals surface area contributed by atoms with Gasteiger partial charge in [0.15, 0.2) is 11.2 Å². The summed E-state index contributed by atoms with van der Waals surface area (Å²) in [5.41, 5.74) is -1.53. The Labute approximate surface area is 155 Å². The van der Waals surface area contributed by atoms with E-state index in [9.17, 15) is 19.2 Å². The first-order valence-electron chi connectivity index (χ1n) is 8.36. The molecule has 0 saturated carbocycles. The van der Waals surface area contributed by atoms with E-state index < -0.39 is 28.9 Å². The number of amides is 1. The van der Waals surface area contributed by atoms with Crippen molar-refractivity contribution in [2.24, 2.45) is 5.41 Å². The maximum atomic E-state index is 13.2. The number of benzene rings is 1. The summed E-state index contributed by atoms with van der Waals surface area (Å²) in [6.45, 7) is 1.68. The lowest BCUT2D eigenvalue weighted by molar-refractivity contribution is -0.159. The van der Waals surface area contributed by atoms with E-state index in [2.05, 4.69) is 0 Å². The maximum Gasteiger partial charge on any atom is 0.326 e. The van der Waals surface area contributed by atoms with Crippen molar-refractivity contribution in [3.63, 3.8) is 0 Å². The van der Waals surface area contributed by atoms with Crippen LogP contribution in [0.2, 0.25) is 0 Å². The van der Waals surface area contributed by atoms with Gasteiger partial charge in [-0.2, -0.15) is 0 Å². The molecule has 1 unspecified atom stereocenters. The smallest absolute Gasteiger partial charge is 0.326 e. The van der Waals surface area contributed by atoms with E-state index in [4.69, 9.17) is 16.3 Å². The summed E-state index contributed by atoms with van der Waals surface area (Å²) in [6.07, 6.45) is 0.332. The molecule has 0 radical (unpaired) electrons. The van der Waals surface area contributed by atoms with Crippen molar-refractivity contribution in [3.05, 3.63) is 46.7 Å². The number of halogens is 1. The minimum absolute atomic E-state index is 0.0124. The summed E-state index contributed by atoms with van der Waals surface area (Å²) in [6, 6.07) is 6.36. The number of likely N-dealkylation sites (N-methyl/N-ethyl adjacent to an activating group) is 1. The molecule has 136 valence electrons. The van der Waals surface area contributed by atoms with E-state index in [0.717, 1.165) is 4.90 Å². The van der Waals surface area contributed by atoms with Crippen LogP contribution in [-0.4, -0.2) is 47.9 Å². The highest BCUT2D eigenvalue weighted by Gasteiger charge is 2.62. The van der Waals surface area contributed by atoms with E-state index in [0.29, 0.717) is 6.42 Å². The van der Waals surface area contributed by atoms with Crippen molar-refractivity contribution < 1.29 is 23.9 Å². The summed E-state index contributed by atoms with van der Waals surface area (Å²) in [4.78, 5) is 53.2. The molecule has 1 amide bonds. The van der Waals surface area contributed by atoms with Gasteiger partial charge in [-0.3, -0.25) is 19.2 Å². The summed E-state index contributed by atoms with van der Waals surface area (Å²) < 4.78 is 5.14. The average molecular weight is 376 g/mol. The molecule has 1 aliphatic heterocycles. The van der Waals surface area contributed by atoms with E-state index in [1.165, 1.54) is 13.1 Å². The number of esters is 1. The molecule has 0 spiro atoms. The van der Waals surface area contributed by atoms with Crippen LogP contribution >= 0.6 is 11.6 Å². The van der Waals surface area contributed by atoms with Gasteiger partial charge in [0, 0.05) is 24.1 Å². The van der Waals surface area contributed by atoms with Gasteiger partial charge in [0.1, 0.15) is 5.70 Å². The van der Waals surface area contributed by atoms with Crippen LogP contribution in [0, 0.1) is 5.41 Å². The third-order valence-corrected chi connectivity index (χ3v) is 5.10.